The van der Waals surface area contributed by atoms with Crippen LogP contribution < -0.4 is 5.32 Å². The molecular formula is C25H23N3O3. The summed E-state index contributed by atoms with van der Waals surface area (Å²) in [6, 6.07) is 18.5. The summed E-state index contributed by atoms with van der Waals surface area (Å²) in [5.41, 5.74) is 5.56. The number of para-hydroxylation sites is 1. The second-order valence-corrected chi connectivity index (χ2v) is 7.64. The van der Waals surface area contributed by atoms with Crippen molar-refractivity contribution < 1.29 is 14.4 Å². The fourth-order valence-electron chi connectivity index (χ4n) is 3.88. The molecular weight excluding hydrogens is 390 g/mol. The van der Waals surface area contributed by atoms with E-state index in [-0.39, 0.29) is 12.1 Å². The molecule has 0 radical (unpaired) electrons. The molecule has 6 nitrogen and oxygen atoms in total. The number of carbonyl (C=O) groups excluding carboxylic acids is 3. The lowest BCUT2D eigenvalue weighted by molar-refractivity contribution is -0.130. The van der Waals surface area contributed by atoms with Gasteiger partial charge in [0, 0.05) is 17.1 Å². The lowest BCUT2D eigenvalue weighted by Crippen LogP contribution is -2.53. The third kappa shape index (κ3) is 3.80. The molecule has 3 aromatic rings. The number of carbonyl (C=O) groups is 3. The molecule has 0 spiro atoms. The summed E-state index contributed by atoms with van der Waals surface area (Å²) in [7, 11) is 0. The topological polar surface area (TPSA) is 71.4 Å². The van der Waals surface area contributed by atoms with Crippen molar-refractivity contribution in [2.75, 3.05) is 0 Å². The second-order valence-electron chi connectivity index (χ2n) is 7.64. The van der Waals surface area contributed by atoms with E-state index in [4.69, 9.17) is 0 Å². The molecule has 156 valence electrons. The van der Waals surface area contributed by atoms with Gasteiger partial charge in [-0.2, -0.15) is 0 Å². The van der Waals surface area contributed by atoms with E-state index in [1.807, 2.05) is 81.4 Å². The Balaban J connectivity index is 1.72. The standard InChI is InChI=1S/C25H23N3O3/c1-16-9-7-8-12-22(16)28-17(2)13-20(18(28)3)14-21-23(29)26-25(31)27(24(21)30)15-19-10-5-4-6-11-19/h4-14H,15H2,1-3H3,(H,26,29,31)/b21-14+. The average Bonchev–Trinajstić information content (AvgIpc) is 3.02. The molecule has 1 aliphatic heterocycles. The van der Waals surface area contributed by atoms with E-state index in [0.717, 1.165) is 38.7 Å². The van der Waals surface area contributed by atoms with Crippen molar-refractivity contribution in [2.45, 2.75) is 27.3 Å². The van der Waals surface area contributed by atoms with Gasteiger partial charge < -0.3 is 4.57 Å². The predicted molar refractivity (Wildman–Crippen MR) is 118 cm³/mol. The number of hydrogen-bond acceptors (Lipinski definition) is 3. The highest BCUT2D eigenvalue weighted by atomic mass is 16.2. The lowest BCUT2D eigenvalue weighted by atomic mass is 10.1. The van der Waals surface area contributed by atoms with E-state index in [0.29, 0.717) is 0 Å². The van der Waals surface area contributed by atoms with E-state index in [2.05, 4.69) is 9.88 Å². The van der Waals surface area contributed by atoms with Crippen LogP contribution in [0.5, 0.6) is 0 Å². The number of hydrogen-bond donors (Lipinski definition) is 1. The zero-order chi connectivity index (χ0) is 22.1. The summed E-state index contributed by atoms with van der Waals surface area (Å²) in [5.74, 6) is -1.28. The number of imide groups is 2. The first-order valence-electron chi connectivity index (χ1n) is 10.0. The molecule has 0 atom stereocenters. The van der Waals surface area contributed by atoms with Crippen molar-refractivity contribution in [3.05, 3.63) is 94.3 Å². The molecule has 1 fully saturated rings. The maximum atomic E-state index is 13.1. The SMILES string of the molecule is Cc1ccccc1-n1c(C)cc(/C=C2\C(=O)NC(=O)N(Cc3ccccc3)C2=O)c1C. The minimum absolute atomic E-state index is 0.0550. The van der Waals surface area contributed by atoms with E-state index < -0.39 is 17.8 Å². The molecule has 2 heterocycles. The van der Waals surface area contributed by atoms with Crippen LogP contribution in [0.25, 0.3) is 11.8 Å². The van der Waals surface area contributed by atoms with E-state index in [9.17, 15) is 14.4 Å². The first-order valence-corrected chi connectivity index (χ1v) is 10.0. The smallest absolute Gasteiger partial charge is 0.318 e. The molecule has 4 amide bonds. The normalized spacial score (nSPS) is 15.5. The fourth-order valence-corrected chi connectivity index (χ4v) is 3.88. The monoisotopic (exact) mass is 413 g/mol. The van der Waals surface area contributed by atoms with Crippen LogP contribution in [0.1, 0.15) is 28.1 Å². The van der Waals surface area contributed by atoms with Crippen LogP contribution in [0.2, 0.25) is 0 Å². The van der Waals surface area contributed by atoms with Crippen LogP contribution >= 0.6 is 0 Å². The number of aryl methyl sites for hydroxylation is 2. The van der Waals surface area contributed by atoms with Gasteiger partial charge in [-0.15, -0.1) is 0 Å². The number of barbiturate groups is 1. The quantitative estimate of drug-likeness (QED) is 0.518. The number of nitrogens with one attached hydrogen (secondary N) is 1. The Kier molecular flexibility index (Phi) is 5.29. The summed E-state index contributed by atoms with van der Waals surface area (Å²) in [6.45, 7) is 6.06. The number of amides is 4. The number of nitrogens with zero attached hydrogens (tertiary/aromatic N) is 2. The van der Waals surface area contributed by atoms with Gasteiger partial charge in [0.15, 0.2) is 0 Å². The largest absolute Gasteiger partial charge is 0.331 e. The molecule has 1 saturated heterocycles. The van der Waals surface area contributed by atoms with Crippen LogP contribution in [-0.4, -0.2) is 27.3 Å². The number of benzene rings is 2. The zero-order valence-electron chi connectivity index (χ0n) is 17.7. The lowest BCUT2D eigenvalue weighted by Gasteiger charge is -2.26. The van der Waals surface area contributed by atoms with Gasteiger partial charge in [-0.05, 0) is 55.7 Å². The Morgan fingerprint density at radius 1 is 0.903 bits per heavy atom. The summed E-state index contributed by atoms with van der Waals surface area (Å²) in [6.07, 6.45) is 1.57. The molecule has 1 aromatic heterocycles. The third-order valence-corrected chi connectivity index (χ3v) is 5.50. The van der Waals surface area contributed by atoms with Crippen LogP contribution in [0, 0.1) is 20.8 Å². The highest BCUT2D eigenvalue weighted by Gasteiger charge is 2.35. The van der Waals surface area contributed by atoms with Gasteiger partial charge in [-0.1, -0.05) is 48.5 Å². The summed E-state index contributed by atoms with van der Waals surface area (Å²) >= 11 is 0. The Hall–Kier alpha value is -3.93. The van der Waals surface area contributed by atoms with Gasteiger partial charge in [0.25, 0.3) is 11.8 Å². The van der Waals surface area contributed by atoms with Gasteiger partial charge in [0.05, 0.1) is 6.54 Å². The predicted octanol–water partition coefficient (Wildman–Crippen LogP) is 4.06. The Labute approximate surface area is 180 Å². The minimum atomic E-state index is -0.707. The van der Waals surface area contributed by atoms with Gasteiger partial charge in [-0.25, -0.2) is 4.79 Å². The maximum absolute atomic E-state index is 13.1. The molecule has 6 heteroatoms. The Bertz CT molecular complexity index is 1220. The van der Waals surface area contributed by atoms with Crippen molar-refractivity contribution in [1.82, 2.24) is 14.8 Å². The van der Waals surface area contributed by atoms with E-state index in [1.54, 1.807) is 6.08 Å². The number of urea groups is 1. The number of aromatic nitrogens is 1. The second kappa shape index (κ2) is 8.07. The van der Waals surface area contributed by atoms with Crippen molar-refractivity contribution in [3.63, 3.8) is 0 Å². The Morgan fingerprint density at radius 2 is 1.58 bits per heavy atom. The highest BCUT2D eigenvalue weighted by Crippen LogP contribution is 2.26. The molecule has 2 aromatic carbocycles. The van der Waals surface area contributed by atoms with Gasteiger partial charge in [-0.3, -0.25) is 19.8 Å². The summed E-state index contributed by atoms with van der Waals surface area (Å²) < 4.78 is 2.10. The zero-order valence-corrected chi connectivity index (χ0v) is 17.7. The van der Waals surface area contributed by atoms with Crippen LogP contribution in [-0.2, 0) is 16.1 Å². The van der Waals surface area contributed by atoms with Crippen LogP contribution in [0.15, 0.2) is 66.2 Å². The minimum Gasteiger partial charge on any atom is -0.318 e. The molecule has 1 N–H and O–H groups in total. The van der Waals surface area contributed by atoms with Crippen molar-refractivity contribution >= 4 is 23.9 Å². The Morgan fingerprint density at radius 3 is 2.29 bits per heavy atom. The molecule has 0 bridgehead atoms. The molecule has 31 heavy (non-hydrogen) atoms. The van der Waals surface area contributed by atoms with E-state index >= 15 is 0 Å². The average molecular weight is 413 g/mol. The molecule has 0 aliphatic carbocycles. The first kappa shape index (κ1) is 20.3. The van der Waals surface area contributed by atoms with Crippen molar-refractivity contribution in [1.29, 1.82) is 0 Å². The van der Waals surface area contributed by atoms with Gasteiger partial charge in [0.2, 0.25) is 0 Å². The number of rotatable bonds is 4. The van der Waals surface area contributed by atoms with E-state index in [1.165, 1.54) is 0 Å². The highest BCUT2D eigenvalue weighted by molar-refractivity contribution is 6.31. The molecule has 0 saturated carbocycles. The van der Waals surface area contributed by atoms with Crippen molar-refractivity contribution in [3.8, 4) is 5.69 Å². The molecule has 4 rings (SSSR count). The fraction of sp³-hybridized carbons (Fsp3) is 0.160. The molecule has 1 aliphatic rings. The van der Waals surface area contributed by atoms with Crippen molar-refractivity contribution in [2.24, 2.45) is 0 Å². The van der Waals surface area contributed by atoms with Crippen LogP contribution in [0.4, 0.5) is 4.79 Å². The third-order valence-electron chi connectivity index (χ3n) is 5.50. The first-order chi connectivity index (χ1) is 14.9. The van der Waals surface area contributed by atoms with Gasteiger partial charge >= 0.3 is 6.03 Å². The van der Waals surface area contributed by atoms with Gasteiger partial charge in [0.1, 0.15) is 5.57 Å². The summed E-state index contributed by atoms with van der Waals surface area (Å²) in [5, 5.41) is 2.28. The maximum Gasteiger partial charge on any atom is 0.331 e. The summed E-state index contributed by atoms with van der Waals surface area (Å²) in [4.78, 5) is 38.9. The van der Waals surface area contributed by atoms with Crippen LogP contribution in [0.3, 0.4) is 0 Å². The molecule has 0 unspecified atom stereocenters.